The number of nitrogen functional groups attached to an aromatic ring is 4. The van der Waals surface area contributed by atoms with Gasteiger partial charge in [-0.2, -0.15) is 4.57 Å². The van der Waals surface area contributed by atoms with Gasteiger partial charge < -0.3 is 57.2 Å². The van der Waals surface area contributed by atoms with Crippen molar-refractivity contribution in [3.05, 3.63) is 128 Å². The van der Waals surface area contributed by atoms with Crippen molar-refractivity contribution >= 4 is 136 Å². The minimum absolute atomic E-state index is 0. The maximum atomic E-state index is 10.3. The van der Waals surface area contributed by atoms with Crippen LogP contribution >= 0.6 is 80.5 Å². The number of anilines is 4. The molecule has 0 unspecified atom stereocenters. The molecule has 63 heavy (non-hydrogen) atoms. The Balaban J connectivity index is -0.000000161. The summed E-state index contributed by atoms with van der Waals surface area (Å²) >= 11 is 8.78. The number of aliphatic hydroxyl groups excluding tert-OH is 3. The van der Waals surface area contributed by atoms with E-state index >= 15 is 0 Å². The Morgan fingerprint density at radius 1 is 0.746 bits per heavy atom. The van der Waals surface area contributed by atoms with E-state index in [2.05, 4.69) is 63.3 Å². The molecule has 27 heteroatoms. The second-order valence-corrected chi connectivity index (χ2v) is 15.7. The molecule has 0 aliphatic rings. The molecule has 0 atom stereocenters. The van der Waals surface area contributed by atoms with E-state index in [4.69, 9.17) is 59.2 Å². The quantitative estimate of drug-likeness (QED) is 0.0359. The smallest absolute Gasteiger partial charge is 1.00 e. The van der Waals surface area contributed by atoms with Gasteiger partial charge in [0.1, 0.15) is 28.8 Å². The fraction of sp³-hybridized carbons (Fsp3) is 0.250. The van der Waals surface area contributed by atoms with Gasteiger partial charge in [-0.25, -0.2) is 33.9 Å². The molecule has 346 valence electrons. The van der Waals surface area contributed by atoms with Crippen molar-refractivity contribution in [1.29, 1.82) is 0 Å². The van der Waals surface area contributed by atoms with Crippen LogP contribution in [0.3, 0.4) is 0 Å². The van der Waals surface area contributed by atoms with Gasteiger partial charge in [-0.1, -0.05) is 23.5 Å². The first-order valence-corrected chi connectivity index (χ1v) is 21.8. The molecule has 6 rings (SSSR count). The summed E-state index contributed by atoms with van der Waals surface area (Å²) in [5, 5.41) is 34.5. The normalized spacial score (nSPS) is 9.03. The Kier molecular flexibility index (Phi) is 45.1. The third-order valence-electron chi connectivity index (χ3n) is 7.18. The Labute approximate surface area is 433 Å². The van der Waals surface area contributed by atoms with Crippen LogP contribution in [0.4, 0.5) is 23.3 Å². The predicted molar refractivity (Wildman–Crippen MR) is 259 cm³/mol. The van der Waals surface area contributed by atoms with Crippen LogP contribution in [-0.4, -0.2) is 86.1 Å². The molecule has 6 aromatic heterocycles. The van der Waals surface area contributed by atoms with E-state index in [0.717, 1.165) is 29.8 Å². The fourth-order valence-electron chi connectivity index (χ4n) is 4.13. The summed E-state index contributed by atoms with van der Waals surface area (Å²) in [4.78, 5) is 32.0. The van der Waals surface area contributed by atoms with Crippen molar-refractivity contribution in [3.8, 4) is 0 Å². The number of halogens is 6. The zero-order chi connectivity index (χ0) is 43.5. The Bertz CT molecular complexity index is 2100. The Morgan fingerprint density at radius 3 is 1.51 bits per heavy atom. The Morgan fingerprint density at radius 2 is 1.17 bits per heavy atom. The van der Waals surface area contributed by atoms with Gasteiger partial charge in [0.05, 0.1) is 34.1 Å². The topological polar surface area (TPSA) is 287 Å². The van der Waals surface area contributed by atoms with Crippen LogP contribution in [-0.2, 0) is 41.1 Å². The Hall–Kier alpha value is -2.57. The first-order chi connectivity index (χ1) is 27.7. The second-order valence-electron chi connectivity index (χ2n) is 11.0. The minimum Gasteiger partial charge on any atom is -1.00 e. The number of nitrogens with zero attached hydrogens (tertiary/aromatic N) is 6. The first-order valence-electron chi connectivity index (χ1n) is 16.7. The van der Waals surface area contributed by atoms with Crippen LogP contribution in [0, 0.1) is 13.8 Å². The average molecular weight is 1060 g/mol. The van der Waals surface area contributed by atoms with E-state index < -0.39 is 15.2 Å². The summed E-state index contributed by atoms with van der Waals surface area (Å²) in [6.45, 7) is 5.13. The van der Waals surface area contributed by atoms with E-state index in [1.165, 1.54) is 33.8 Å². The molecule has 12 N–H and O–H groups in total. The number of aryl methyl sites for hydroxylation is 1. The number of aromatic nitrogens is 6. The zero-order valence-electron chi connectivity index (χ0n) is 34.7. The van der Waals surface area contributed by atoms with Gasteiger partial charge in [0.25, 0.3) is 0 Å². The largest absolute Gasteiger partial charge is 1.00 e. The number of carboxylic acid groups (broad SMARTS) is 1. The number of pyridine rings is 4. The van der Waals surface area contributed by atoms with E-state index in [0.29, 0.717) is 35.3 Å². The predicted octanol–water partition coefficient (Wildman–Crippen LogP) is -1.37. The number of nitrogens with two attached hydrogens (primary N) is 4. The van der Waals surface area contributed by atoms with Gasteiger partial charge in [0, 0.05) is 95.1 Å². The molecule has 0 saturated heterocycles. The number of hydrogen-bond acceptors (Lipinski definition) is 16. The monoisotopic (exact) mass is 1060 g/mol. The van der Waals surface area contributed by atoms with Gasteiger partial charge in [-0.15, -0.1) is 47.8 Å². The van der Waals surface area contributed by atoms with Crippen LogP contribution in [0.1, 0.15) is 49.6 Å². The minimum atomic E-state index is -1.67. The van der Waals surface area contributed by atoms with E-state index in [1.807, 2.05) is 31.2 Å². The maximum Gasteiger partial charge on any atom is 1.00 e. The molecule has 0 saturated carbocycles. The molecular weight excluding hydrogens is 1010 g/mol. The van der Waals surface area contributed by atoms with Crippen LogP contribution in [0.5, 0.6) is 0 Å². The summed E-state index contributed by atoms with van der Waals surface area (Å²) in [6, 6.07) is 14.0. The number of rotatable bonds is 9. The molecule has 16 nitrogen and oxygen atoms in total. The molecule has 0 bridgehead atoms. The average Bonchev–Trinajstić information content (AvgIpc) is 3.77. The van der Waals surface area contributed by atoms with Crippen molar-refractivity contribution in [2.75, 3.05) is 36.1 Å². The second kappa shape index (κ2) is 40.9. The summed E-state index contributed by atoms with van der Waals surface area (Å²) in [6.07, 6.45) is 7.84. The molecule has 6 heterocycles. The first kappa shape index (κ1) is 69.5. The molecule has 6 aromatic rings. The summed E-state index contributed by atoms with van der Waals surface area (Å²) < 4.78 is 11.2. The number of thiazole rings is 2. The molecular formula is C36H52AlCl6LiN10O6S3. The number of alkyl halides is 1. The summed E-state index contributed by atoms with van der Waals surface area (Å²) in [5.74, 6) is 0.932. The van der Waals surface area contributed by atoms with Gasteiger partial charge in [0.2, 0.25) is 14.7 Å². The van der Waals surface area contributed by atoms with Crippen molar-refractivity contribution in [2.24, 2.45) is 0 Å². The van der Waals surface area contributed by atoms with Gasteiger partial charge in [-0.3, -0.25) is 0 Å². The molecule has 0 radical (unpaired) electrons. The summed E-state index contributed by atoms with van der Waals surface area (Å²) in [7, 11) is 7.36. The van der Waals surface area contributed by atoms with Gasteiger partial charge >= 0.3 is 24.8 Å². The van der Waals surface area contributed by atoms with Crippen LogP contribution in [0.25, 0.3) is 0 Å². The van der Waals surface area contributed by atoms with Crippen molar-refractivity contribution < 1.29 is 66.7 Å². The zero-order valence-corrected chi connectivity index (χ0v) is 40.8. The van der Waals surface area contributed by atoms with Gasteiger partial charge in [-0.05, 0) is 43.3 Å². The molecule has 0 spiro atoms. The number of carbonyl (C=O) groups is 1. The van der Waals surface area contributed by atoms with Crippen molar-refractivity contribution in [2.45, 2.75) is 45.7 Å². The molecule has 0 aromatic carbocycles. The third-order valence-corrected chi connectivity index (χ3v) is 9.61. The number of carboxylic acids is 1. The van der Waals surface area contributed by atoms with Crippen molar-refractivity contribution in [3.63, 3.8) is 0 Å². The van der Waals surface area contributed by atoms with E-state index in [-0.39, 0.29) is 106 Å². The standard InChI is InChI=1S/C12H16N3OS.C6H7ClN2.C6H6N2O2.C6H8N2O.C6H9NOS.Al.Cl2OS.3ClH.Li.4H/c1-9-11(4-6-16)17-8-15(9)7-10-3-2-5-14-12(10)13;7-4-5-2-1-3-9-6(5)8;7-5-4(6(9)10)2-1-3-8-5;7-6-5(4-9)2-1-3-8-6;1-5-6(2-3-8)9-4-7-5;;1-4(2)3;;;;;;;;/h2-3,5,8,16H,4,6-7H2,1H3,(H2,13,14);1-3H,4H2,(H2,8,9);1-3H,(H2,7,8)(H,9,10);1-3,9H,4H2,(H2,7,8);4,8H,2-3H2,1H3;;;3*1H;;;;;/q+1;;;;;;;;;;+1;;;;-1/p-1. The molecule has 0 amide bonds. The summed E-state index contributed by atoms with van der Waals surface area (Å²) in [5.41, 5.74) is 30.6. The van der Waals surface area contributed by atoms with E-state index in [9.17, 15) is 4.79 Å². The fourth-order valence-corrected chi connectivity index (χ4v) is 6.11. The van der Waals surface area contributed by atoms with E-state index in [1.54, 1.807) is 58.9 Å². The van der Waals surface area contributed by atoms with Gasteiger partial charge in [0.15, 0.2) is 29.6 Å². The number of aromatic carboxylic acids is 1. The number of hydrogen-bond donors (Lipinski definition) is 8. The van der Waals surface area contributed by atoms with Crippen LogP contribution < -0.4 is 58.8 Å². The number of aliphatic hydroxyl groups is 3. The van der Waals surface area contributed by atoms with Crippen LogP contribution in [0.2, 0.25) is 0 Å². The maximum absolute atomic E-state index is 10.3. The SMILES string of the molecule is Cc1c(CCO)sc[n+]1Cc1cccnc1N.Cc1ncsc1CCO.Cl.Cl.Nc1ncccc1C(=O)O.Nc1ncccc1CCl.Nc1ncccc1CO.O=S(Cl)Cl.[AlH3].[Cl-].[H-].[Li+]. The molecule has 0 aliphatic heterocycles. The molecule has 0 fully saturated rings. The molecule has 0 aliphatic carbocycles. The van der Waals surface area contributed by atoms with Crippen molar-refractivity contribution in [1.82, 2.24) is 24.9 Å². The third kappa shape index (κ3) is 28.8. The van der Waals surface area contributed by atoms with Crippen LogP contribution in [0.15, 0.2) is 84.3 Å².